The van der Waals surface area contributed by atoms with Gasteiger partial charge in [0.25, 0.3) is 5.91 Å². The molecule has 0 saturated heterocycles. The predicted octanol–water partition coefficient (Wildman–Crippen LogP) is 2.94. The second kappa shape index (κ2) is 6.83. The number of aromatic carboxylic acids is 1. The lowest BCUT2D eigenvalue weighted by molar-refractivity contribution is 0.0696. The van der Waals surface area contributed by atoms with E-state index in [1.54, 1.807) is 25.3 Å². The zero-order chi connectivity index (χ0) is 17.1. The molecule has 124 valence electrons. The molecule has 0 saturated carbocycles. The number of carbonyl (C=O) groups is 2. The van der Waals surface area contributed by atoms with E-state index in [4.69, 9.17) is 0 Å². The highest BCUT2D eigenvalue weighted by molar-refractivity contribution is 5.99. The summed E-state index contributed by atoms with van der Waals surface area (Å²) in [5, 5.41) is 12.1. The third-order valence-corrected chi connectivity index (χ3v) is 4.63. The van der Waals surface area contributed by atoms with E-state index >= 15 is 0 Å². The van der Waals surface area contributed by atoms with E-state index in [2.05, 4.69) is 16.4 Å². The Hall–Kier alpha value is -2.69. The molecule has 1 heterocycles. The molecule has 1 aliphatic rings. The van der Waals surface area contributed by atoms with Crippen LogP contribution in [0.2, 0.25) is 0 Å². The number of nitrogens with zero attached hydrogens (tertiary/aromatic N) is 1. The van der Waals surface area contributed by atoms with Crippen LogP contribution in [0, 0.1) is 6.92 Å². The van der Waals surface area contributed by atoms with Crippen molar-refractivity contribution in [2.75, 3.05) is 6.54 Å². The van der Waals surface area contributed by atoms with Crippen molar-refractivity contribution in [1.82, 2.24) is 10.3 Å². The second-order valence-electron chi connectivity index (χ2n) is 6.13. The minimum atomic E-state index is -1.02. The average Bonchev–Trinajstić information content (AvgIpc) is 2.59. The summed E-state index contributed by atoms with van der Waals surface area (Å²) in [6, 6.07) is 8.81. The Morgan fingerprint density at radius 2 is 2.04 bits per heavy atom. The summed E-state index contributed by atoms with van der Waals surface area (Å²) >= 11 is 0. The number of nitrogens with one attached hydrogen (secondary N) is 1. The van der Waals surface area contributed by atoms with E-state index in [9.17, 15) is 14.7 Å². The fourth-order valence-electron chi connectivity index (χ4n) is 3.33. The quantitative estimate of drug-likeness (QED) is 0.906. The molecule has 5 heteroatoms. The van der Waals surface area contributed by atoms with Crippen LogP contribution < -0.4 is 5.32 Å². The van der Waals surface area contributed by atoms with Gasteiger partial charge in [-0.1, -0.05) is 12.1 Å². The van der Waals surface area contributed by atoms with Crippen molar-refractivity contribution in [3.8, 4) is 0 Å². The Balaban J connectivity index is 1.73. The van der Waals surface area contributed by atoms with Crippen molar-refractivity contribution in [1.29, 1.82) is 0 Å². The normalized spacial score (nSPS) is 16.3. The van der Waals surface area contributed by atoms with Gasteiger partial charge in [-0.2, -0.15) is 0 Å². The highest BCUT2D eigenvalue weighted by atomic mass is 16.4. The van der Waals surface area contributed by atoms with Gasteiger partial charge in [0.15, 0.2) is 0 Å². The lowest BCUT2D eigenvalue weighted by Crippen LogP contribution is -2.31. The van der Waals surface area contributed by atoms with E-state index < -0.39 is 5.97 Å². The Labute approximate surface area is 140 Å². The van der Waals surface area contributed by atoms with Gasteiger partial charge < -0.3 is 10.4 Å². The molecular weight excluding hydrogens is 304 g/mol. The molecule has 0 aliphatic heterocycles. The van der Waals surface area contributed by atoms with Crippen molar-refractivity contribution in [3.63, 3.8) is 0 Å². The number of rotatable bonds is 4. The molecule has 0 fully saturated rings. The summed E-state index contributed by atoms with van der Waals surface area (Å²) in [7, 11) is 0. The third kappa shape index (κ3) is 3.15. The molecule has 0 spiro atoms. The van der Waals surface area contributed by atoms with Crippen molar-refractivity contribution >= 4 is 11.9 Å². The first kappa shape index (κ1) is 16.2. The summed E-state index contributed by atoms with van der Waals surface area (Å²) in [4.78, 5) is 28.1. The van der Waals surface area contributed by atoms with Gasteiger partial charge in [-0.25, -0.2) is 4.79 Å². The van der Waals surface area contributed by atoms with Crippen LogP contribution in [0.25, 0.3) is 0 Å². The molecule has 5 nitrogen and oxygen atoms in total. The van der Waals surface area contributed by atoms with Gasteiger partial charge in [0.05, 0.1) is 5.56 Å². The number of benzene rings is 1. The molecule has 1 aliphatic carbocycles. The number of carboxylic acid groups (broad SMARTS) is 1. The van der Waals surface area contributed by atoms with Crippen LogP contribution in [0.3, 0.4) is 0 Å². The van der Waals surface area contributed by atoms with Gasteiger partial charge in [0, 0.05) is 29.9 Å². The van der Waals surface area contributed by atoms with E-state index in [0.29, 0.717) is 17.7 Å². The summed E-state index contributed by atoms with van der Waals surface area (Å²) < 4.78 is 0. The smallest absolute Gasteiger partial charge is 0.335 e. The number of amides is 1. The molecule has 24 heavy (non-hydrogen) atoms. The number of carbonyl (C=O) groups excluding carboxylic acids is 1. The van der Waals surface area contributed by atoms with E-state index in [1.807, 2.05) is 6.07 Å². The topological polar surface area (TPSA) is 79.3 Å². The van der Waals surface area contributed by atoms with E-state index in [0.717, 1.165) is 25.0 Å². The molecule has 1 amide bonds. The van der Waals surface area contributed by atoms with Crippen LogP contribution in [0.5, 0.6) is 0 Å². The minimum absolute atomic E-state index is 0.160. The van der Waals surface area contributed by atoms with Crippen molar-refractivity contribution < 1.29 is 14.7 Å². The van der Waals surface area contributed by atoms with Crippen molar-refractivity contribution in [2.45, 2.75) is 32.1 Å². The van der Waals surface area contributed by atoms with E-state index in [1.165, 1.54) is 11.6 Å². The van der Waals surface area contributed by atoms with Crippen LogP contribution in [0.4, 0.5) is 0 Å². The maximum atomic E-state index is 12.5. The molecule has 2 aromatic rings. The summed E-state index contributed by atoms with van der Waals surface area (Å²) in [6.07, 6.45) is 4.91. The SMILES string of the molecule is Cc1c(C(=O)O)cccc1C(=O)NCC1CCCc2cccnc21. The largest absolute Gasteiger partial charge is 0.478 e. The maximum Gasteiger partial charge on any atom is 0.335 e. The van der Waals surface area contributed by atoms with Crippen LogP contribution >= 0.6 is 0 Å². The summed E-state index contributed by atoms with van der Waals surface area (Å²) in [5.74, 6) is -1.05. The number of hydrogen-bond donors (Lipinski definition) is 2. The van der Waals surface area contributed by atoms with Gasteiger partial charge in [-0.15, -0.1) is 0 Å². The van der Waals surface area contributed by atoms with E-state index in [-0.39, 0.29) is 17.4 Å². The molecule has 2 N–H and O–H groups in total. The summed E-state index contributed by atoms with van der Waals surface area (Å²) in [6.45, 7) is 2.18. The Kier molecular flexibility index (Phi) is 4.60. The van der Waals surface area contributed by atoms with Crippen LogP contribution in [0.15, 0.2) is 36.5 Å². The molecule has 1 aromatic heterocycles. The number of pyridine rings is 1. The first-order valence-electron chi connectivity index (χ1n) is 8.13. The molecule has 3 rings (SSSR count). The van der Waals surface area contributed by atoms with Crippen LogP contribution in [-0.4, -0.2) is 28.5 Å². The number of fused-ring (bicyclic) bond motifs is 1. The van der Waals surface area contributed by atoms with Gasteiger partial charge in [0.1, 0.15) is 0 Å². The van der Waals surface area contributed by atoms with Gasteiger partial charge >= 0.3 is 5.97 Å². The fraction of sp³-hybridized carbons (Fsp3) is 0.316. The zero-order valence-electron chi connectivity index (χ0n) is 13.6. The lowest BCUT2D eigenvalue weighted by atomic mass is 9.86. The fourth-order valence-corrected chi connectivity index (χ4v) is 3.33. The number of aromatic nitrogens is 1. The predicted molar refractivity (Wildman–Crippen MR) is 90.4 cm³/mol. The van der Waals surface area contributed by atoms with Gasteiger partial charge in [-0.3, -0.25) is 9.78 Å². The molecule has 0 bridgehead atoms. The number of hydrogen-bond acceptors (Lipinski definition) is 3. The van der Waals surface area contributed by atoms with Crippen molar-refractivity contribution in [2.24, 2.45) is 0 Å². The first-order chi connectivity index (χ1) is 11.6. The second-order valence-corrected chi connectivity index (χ2v) is 6.13. The maximum absolute atomic E-state index is 12.5. The Bertz CT molecular complexity index is 786. The monoisotopic (exact) mass is 324 g/mol. The number of aryl methyl sites for hydroxylation is 1. The van der Waals surface area contributed by atoms with Gasteiger partial charge in [-0.05, 0) is 55.5 Å². The average molecular weight is 324 g/mol. The van der Waals surface area contributed by atoms with Crippen LogP contribution in [0.1, 0.15) is 56.3 Å². The Morgan fingerprint density at radius 1 is 1.25 bits per heavy atom. The number of carboxylic acids is 1. The summed E-state index contributed by atoms with van der Waals surface area (Å²) in [5.41, 5.74) is 3.39. The van der Waals surface area contributed by atoms with Crippen LogP contribution in [-0.2, 0) is 6.42 Å². The molecule has 1 unspecified atom stereocenters. The highest BCUT2D eigenvalue weighted by Gasteiger charge is 2.22. The molecule has 1 atom stereocenters. The molecule has 0 radical (unpaired) electrons. The minimum Gasteiger partial charge on any atom is -0.478 e. The highest BCUT2D eigenvalue weighted by Crippen LogP contribution is 2.29. The lowest BCUT2D eigenvalue weighted by Gasteiger charge is -2.24. The third-order valence-electron chi connectivity index (χ3n) is 4.63. The van der Waals surface area contributed by atoms with Gasteiger partial charge in [0.2, 0.25) is 0 Å². The zero-order valence-corrected chi connectivity index (χ0v) is 13.6. The molecular formula is C19H20N2O3. The molecule has 1 aromatic carbocycles. The first-order valence-corrected chi connectivity index (χ1v) is 8.13. The Morgan fingerprint density at radius 3 is 2.83 bits per heavy atom. The van der Waals surface area contributed by atoms with Crippen molar-refractivity contribution in [3.05, 3.63) is 64.5 Å². The standard InChI is InChI=1S/C19H20N2O3/c1-12-15(8-3-9-16(12)19(23)24)18(22)21-11-14-6-2-5-13-7-4-10-20-17(13)14/h3-4,7-10,14H,2,5-6,11H2,1H3,(H,21,22)(H,23,24).